The minimum absolute atomic E-state index is 0.247. The van der Waals surface area contributed by atoms with Crippen LogP contribution < -0.4 is 5.73 Å². The summed E-state index contributed by atoms with van der Waals surface area (Å²) in [5.74, 6) is 0.247. The number of nitrogens with zero attached hydrogens (tertiary/aromatic N) is 1. The Bertz CT molecular complexity index is 409. The van der Waals surface area contributed by atoms with Crippen LogP contribution in [0.1, 0.15) is 52.0 Å². The van der Waals surface area contributed by atoms with E-state index < -0.39 is 0 Å². The summed E-state index contributed by atoms with van der Waals surface area (Å²) in [6.45, 7) is 8.71. The zero-order chi connectivity index (χ0) is 15.7. The molecule has 0 aliphatic heterocycles. The van der Waals surface area contributed by atoms with Crippen molar-refractivity contribution < 1.29 is 4.79 Å². The molecule has 0 saturated heterocycles. The van der Waals surface area contributed by atoms with Gasteiger partial charge in [0.15, 0.2) is 0 Å². The summed E-state index contributed by atoms with van der Waals surface area (Å²) in [4.78, 5) is 14.4. The van der Waals surface area contributed by atoms with Gasteiger partial charge in [0.25, 0.3) is 0 Å². The van der Waals surface area contributed by atoms with E-state index in [2.05, 4.69) is 32.9 Å². The number of benzene rings is 1. The van der Waals surface area contributed by atoms with Crippen molar-refractivity contribution in [3.05, 3.63) is 35.9 Å². The van der Waals surface area contributed by atoms with E-state index in [1.807, 2.05) is 23.1 Å². The van der Waals surface area contributed by atoms with Gasteiger partial charge in [-0.3, -0.25) is 4.79 Å². The van der Waals surface area contributed by atoms with Crippen LogP contribution in [-0.2, 0) is 11.3 Å². The maximum atomic E-state index is 12.4. The average molecular weight is 290 g/mol. The molecule has 118 valence electrons. The van der Waals surface area contributed by atoms with E-state index >= 15 is 0 Å². The molecular weight excluding hydrogens is 260 g/mol. The van der Waals surface area contributed by atoms with Crippen molar-refractivity contribution >= 4 is 5.91 Å². The van der Waals surface area contributed by atoms with Gasteiger partial charge in [-0.05, 0) is 36.8 Å². The van der Waals surface area contributed by atoms with Crippen molar-refractivity contribution in [2.75, 3.05) is 13.1 Å². The summed E-state index contributed by atoms with van der Waals surface area (Å²) in [6, 6.07) is 10.2. The Morgan fingerprint density at radius 2 is 1.81 bits per heavy atom. The largest absolute Gasteiger partial charge is 0.338 e. The third kappa shape index (κ3) is 7.86. The monoisotopic (exact) mass is 290 g/mol. The van der Waals surface area contributed by atoms with E-state index in [1.165, 1.54) is 5.56 Å². The Morgan fingerprint density at radius 1 is 1.14 bits per heavy atom. The third-order valence-electron chi connectivity index (χ3n) is 3.52. The van der Waals surface area contributed by atoms with Gasteiger partial charge < -0.3 is 10.6 Å². The average Bonchev–Trinajstić information content (AvgIpc) is 2.43. The van der Waals surface area contributed by atoms with Crippen LogP contribution in [0, 0.1) is 5.41 Å². The van der Waals surface area contributed by atoms with Gasteiger partial charge >= 0.3 is 0 Å². The molecule has 1 aromatic rings. The minimum atomic E-state index is 0.247. The number of hydrogen-bond donors (Lipinski definition) is 1. The first-order valence-electron chi connectivity index (χ1n) is 7.94. The molecule has 1 rings (SSSR count). The topological polar surface area (TPSA) is 46.3 Å². The van der Waals surface area contributed by atoms with Crippen LogP contribution in [0.2, 0.25) is 0 Å². The predicted molar refractivity (Wildman–Crippen MR) is 88.8 cm³/mol. The molecule has 3 heteroatoms. The quantitative estimate of drug-likeness (QED) is 0.795. The van der Waals surface area contributed by atoms with E-state index in [9.17, 15) is 4.79 Å². The van der Waals surface area contributed by atoms with Gasteiger partial charge in [0.05, 0.1) is 0 Å². The Hall–Kier alpha value is -1.35. The molecule has 0 radical (unpaired) electrons. The fraction of sp³-hybridized carbons (Fsp3) is 0.611. The molecule has 0 heterocycles. The number of rotatable bonds is 8. The summed E-state index contributed by atoms with van der Waals surface area (Å²) in [6.07, 6.45) is 3.53. The molecule has 21 heavy (non-hydrogen) atoms. The van der Waals surface area contributed by atoms with Gasteiger partial charge in [-0.25, -0.2) is 0 Å². The maximum absolute atomic E-state index is 12.4. The number of carbonyl (C=O) groups excluding carboxylic acids is 1. The van der Waals surface area contributed by atoms with Crippen molar-refractivity contribution in [3.8, 4) is 0 Å². The lowest BCUT2D eigenvalue weighted by atomic mass is 9.90. The highest BCUT2D eigenvalue weighted by atomic mass is 16.2. The molecule has 0 aromatic heterocycles. The molecule has 1 aromatic carbocycles. The molecule has 0 atom stereocenters. The molecule has 0 bridgehead atoms. The molecule has 2 N–H and O–H groups in total. The van der Waals surface area contributed by atoms with Gasteiger partial charge in [0, 0.05) is 19.5 Å². The Kier molecular flexibility index (Phi) is 7.44. The molecule has 1 amide bonds. The molecule has 0 fully saturated rings. The standard InChI is InChI=1S/C18H30N2O/c1-18(2,3)12-7-11-17(21)20(14-8-13-19)15-16-9-5-4-6-10-16/h4-6,9-10H,7-8,11-15,19H2,1-3H3. The van der Waals surface area contributed by atoms with Gasteiger partial charge in [-0.2, -0.15) is 0 Å². The molecule has 0 aliphatic rings. The number of carbonyl (C=O) groups is 1. The van der Waals surface area contributed by atoms with Crippen LogP contribution >= 0.6 is 0 Å². The Labute approximate surface area is 129 Å². The van der Waals surface area contributed by atoms with E-state index in [0.29, 0.717) is 24.9 Å². The second-order valence-corrected chi connectivity index (χ2v) is 6.86. The van der Waals surface area contributed by atoms with Crippen LogP contribution in [0.3, 0.4) is 0 Å². The second-order valence-electron chi connectivity index (χ2n) is 6.86. The summed E-state index contributed by atoms with van der Waals surface area (Å²) in [5, 5.41) is 0. The highest BCUT2D eigenvalue weighted by Gasteiger charge is 2.15. The Balaban J connectivity index is 2.53. The van der Waals surface area contributed by atoms with Crippen molar-refractivity contribution in [2.45, 2.75) is 53.0 Å². The van der Waals surface area contributed by atoms with Crippen LogP contribution in [-0.4, -0.2) is 23.9 Å². The zero-order valence-corrected chi connectivity index (χ0v) is 13.8. The molecule has 0 saturated carbocycles. The smallest absolute Gasteiger partial charge is 0.222 e. The lowest BCUT2D eigenvalue weighted by molar-refractivity contribution is -0.132. The normalized spacial score (nSPS) is 11.4. The van der Waals surface area contributed by atoms with Gasteiger partial charge in [-0.1, -0.05) is 51.1 Å². The van der Waals surface area contributed by atoms with E-state index in [1.54, 1.807) is 0 Å². The van der Waals surface area contributed by atoms with Crippen LogP contribution in [0.25, 0.3) is 0 Å². The molecule has 0 spiro atoms. The predicted octanol–water partition coefficient (Wildman–Crippen LogP) is 3.58. The Morgan fingerprint density at radius 3 is 2.38 bits per heavy atom. The molecule has 3 nitrogen and oxygen atoms in total. The summed E-state index contributed by atoms with van der Waals surface area (Å²) in [7, 11) is 0. The van der Waals surface area contributed by atoms with E-state index in [4.69, 9.17) is 5.73 Å². The van der Waals surface area contributed by atoms with E-state index in [0.717, 1.165) is 25.8 Å². The van der Waals surface area contributed by atoms with Gasteiger partial charge in [-0.15, -0.1) is 0 Å². The highest BCUT2D eigenvalue weighted by molar-refractivity contribution is 5.76. The molecule has 0 aliphatic carbocycles. The zero-order valence-electron chi connectivity index (χ0n) is 13.8. The first-order chi connectivity index (χ1) is 9.92. The first kappa shape index (κ1) is 17.7. The van der Waals surface area contributed by atoms with Crippen molar-refractivity contribution in [2.24, 2.45) is 11.1 Å². The highest BCUT2D eigenvalue weighted by Crippen LogP contribution is 2.22. The van der Waals surface area contributed by atoms with Crippen LogP contribution in [0.15, 0.2) is 30.3 Å². The number of amides is 1. The lowest BCUT2D eigenvalue weighted by Crippen LogP contribution is -2.32. The molecule has 0 unspecified atom stereocenters. The first-order valence-corrected chi connectivity index (χ1v) is 7.94. The van der Waals surface area contributed by atoms with Crippen molar-refractivity contribution in [1.82, 2.24) is 4.90 Å². The van der Waals surface area contributed by atoms with Gasteiger partial charge in [0.1, 0.15) is 0 Å². The van der Waals surface area contributed by atoms with Crippen LogP contribution in [0.5, 0.6) is 0 Å². The maximum Gasteiger partial charge on any atom is 0.222 e. The summed E-state index contributed by atoms with van der Waals surface area (Å²) < 4.78 is 0. The SMILES string of the molecule is CC(C)(C)CCCC(=O)N(CCCN)Cc1ccccc1. The summed E-state index contributed by atoms with van der Waals surface area (Å²) in [5.41, 5.74) is 7.06. The van der Waals surface area contributed by atoms with Crippen LogP contribution in [0.4, 0.5) is 0 Å². The van der Waals surface area contributed by atoms with Gasteiger partial charge in [0.2, 0.25) is 5.91 Å². The van der Waals surface area contributed by atoms with Crippen molar-refractivity contribution in [1.29, 1.82) is 0 Å². The number of hydrogen-bond acceptors (Lipinski definition) is 2. The minimum Gasteiger partial charge on any atom is -0.338 e. The fourth-order valence-electron chi connectivity index (χ4n) is 2.31. The van der Waals surface area contributed by atoms with Crippen molar-refractivity contribution in [3.63, 3.8) is 0 Å². The third-order valence-corrected chi connectivity index (χ3v) is 3.52. The number of nitrogens with two attached hydrogens (primary N) is 1. The lowest BCUT2D eigenvalue weighted by Gasteiger charge is -2.24. The summed E-state index contributed by atoms with van der Waals surface area (Å²) >= 11 is 0. The van der Waals surface area contributed by atoms with E-state index in [-0.39, 0.29) is 5.91 Å². The fourth-order valence-corrected chi connectivity index (χ4v) is 2.31. The molecular formula is C18H30N2O. The second kappa shape index (κ2) is 8.83.